The minimum atomic E-state index is 0.260. The molecule has 0 spiro atoms. The van der Waals surface area contributed by atoms with Crippen molar-refractivity contribution >= 4 is 28.3 Å². The van der Waals surface area contributed by atoms with Crippen LogP contribution in [0.5, 0.6) is 0 Å². The molecule has 0 bridgehead atoms. The lowest BCUT2D eigenvalue weighted by atomic mass is 10.2. The Morgan fingerprint density at radius 2 is 2.00 bits per heavy atom. The molecule has 0 saturated carbocycles. The van der Waals surface area contributed by atoms with Gasteiger partial charge in [0.15, 0.2) is 0 Å². The number of anilines is 1. The van der Waals surface area contributed by atoms with Crippen LogP contribution in [0.1, 0.15) is 25.6 Å². The number of nitrogens with two attached hydrogens (primary N) is 1. The number of benzene rings is 1. The van der Waals surface area contributed by atoms with Crippen LogP contribution in [-0.2, 0) is 0 Å². The lowest BCUT2D eigenvalue weighted by molar-refractivity contribution is 0.785. The van der Waals surface area contributed by atoms with Gasteiger partial charge >= 0.3 is 0 Å². The molecule has 0 radical (unpaired) electrons. The summed E-state index contributed by atoms with van der Waals surface area (Å²) in [6, 6.07) is 5.55. The monoisotopic (exact) mass is 221 g/mol. The van der Waals surface area contributed by atoms with Gasteiger partial charge in [-0.15, -0.1) is 0 Å². The lowest BCUT2D eigenvalue weighted by Gasteiger charge is -2.08. The van der Waals surface area contributed by atoms with Crippen LogP contribution in [0, 0.1) is 0 Å². The Labute approximate surface area is 93.3 Å². The maximum Gasteiger partial charge on any atom is 0.136 e. The summed E-state index contributed by atoms with van der Waals surface area (Å²) in [4.78, 5) is 8.66. The van der Waals surface area contributed by atoms with Gasteiger partial charge in [0, 0.05) is 5.92 Å². The van der Waals surface area contributed by atoms with E-state index in [1.165, 1.54) is 0 Å². The molecular weight excluding hydrogens is 210 g/mol. The second kappa shape index (κ2) is 3.66. The van der Waals surface area contributed by atoms with Gasteiger partial charge in [-0.25, -0.2) is 9.97 Å². The highest BCUT2D eigenvalue weighted by molar-refractivity contribution is 6.36. The lowest BCUT2D eigenvalue weighted by Crippen LogP contribution is -2.02. The molecule has 0 atom stereocenters. The molecule has 0 fully saturated rings. The first kappa shape index (κ1) is 10.2. The second-order valence-corrected chi connectivity index (χ2v) is 4.16. The average molecular weight is 222 g/mol. The van der Waals surface area contributed by atoms with E-state index in [0.717, 1.165) is 16.7 Å². The highest BCUT2D eigenvalue weighted by Crippen LogP contribution is 2.27. The summed E-state index contributed by atoms with van der Waals surface area (Å²) in [6.07, 6.45) is 0. The highest BCUT2D eigenvalue weighted by Gasteiger charge is 2.10. The molecule has 78 valence electrons. The minimum absolute atomic E-state index is 0.260. The van der Waals surface area contributed by atoms with Gasteiger partial charge in [-0.1, -0.05) is 31.5 Å². The van der Waals surface area contributed by atoms with Gasteiger partial charge < -0.3 is 5.73 Å². The molecule has 15 heavy (non-hydrogen) atoms. The van der Waals surface area contributed by atoms with Crippen LogP contribution in [0.2, 0.25) is 5.02 Å². The number of nitrogen functional groups attached to an aromatic ring is 1. The van der Waals surface area contributed by atoms with Crippen molar-refractivity contribution in [1.82, 2.24) is 9.97 Å². The molecule has 3 nitrogen and oxygen atoms in total. The Morgan fingerprint density at radius 1 is 1.27 bits per heavy atom. The number of aromatic nitrogens is 2. The van der Waals surface area contributed by atoms with Crippen molar-refractivity contribution in [1.29, 1.82) is 0 Å². The zero-order valence-corrected chi connectivity index (χ0v) is 9.42. The zero-order chi connectivity index (χ0) is 11.0. The van der Waals surface area contributed by atoms with Crippen molar-refractivity contribution in [2.75, 3.05) is 5.73 Å². The number of fused-ring (bicyclic) bond motifs is 1. The van der Waals surface area contributed by atoms with Crippen LogP contribution < -0.4 is 5.73 Å². The fraction of sp³-hybridized carbons (Fsp3) is 0.273. The van der Waals surface area contributed by atoms with Crippen LogP contribution in [-0.4, -0.2) is 9.97 Å². The predicted octanol–water partition coefficient (Wildman–Crippen LogP) is 2.99. The Balaban J connectivity index is 2.78. The summed E-state index contributed by atoms with van der Waals surface area (Å²) in [5.41, 5.74) is 6.66. The maximum absolute atomic E-state index is 6.03. The van der Waals surface area contributed by atoms with Gasteiger partial charge in [-0.3, -0.25) is 0 Å². The molecule has 0 aliphatic heterocycles. The van der Waals surface area contributed by atoms with Gasteiger partial charge in [0.05, 0.1) is 15.9 Å². The Hall–Kier alpha value is -1.35. The van der Waals surface area contributed by atoms with Crippen molar-refractivity contribution in [2.45, 2.75) is 19.8 Å². The molecule has 4 heteroatoms. The molecule has 0 amide bonds. The van der Waals surface area contributed by atoms with E-state index < -0.39 is 0 Å². The van der Waals surface area contributed by atoms with Crippen LogP contribution in [0.3, 0.4) is 0 Å². The standard InChI is InChI=1S/C11H12ClN3/c1-6(2)11-14-8-5-3-4-7(12)9(8)10(13)15-11/h3-6H,1-2H3,(H2,13,14,15). The third-order valence-corrected chi connectivity index (χ3v) is 2.55. The van der Waals surface area contributed by atoms with Crippen molar-refractivity contribution < 1.29 is 0 Å². The fourth-order valence-corrected chi connectivity index (χ4v) is 1.71. The van der Waals surface area contributed by atoms with Gasteiger partial charge in [0.2, 0.25) is 0 Å². The van der Waals surface area contributed by atoms with E-state index in [-0.39, 0.29) is 5.92 Å². The molecule has 0 aliphatic carbocycles. The topological polar surface area (TPSA) is 51.8 Å². The number of nitrogens with zero attached hydrogens (tertiary/aromatic N) is 2. The molecule has 1 aromatic carbocycles. The average Bonchev–Trinajstić information content (AvgIpc) is 2.17. The third kappa shape index (κ3) is 1.75. The molecule has 2 N–H and O–H groups in total. The second-order valence-electron chi connectivity index (χ2n) is 3.76. The quantitative estimate of drug-likeness (QED) is 0.806. The van der Waals surface area contributed by atoms with Gasteiger partial charge in [0.1, 0.15) is 11.6 Å². The molecule has 0 unspecified atom stereocenters. The summed E-state index contributed by atoms with van der Waals surface area (Å²) >= 11 is 6.03. The van der Waals surface area contributed by atoms with Crippen molar-refractivity contribution in [3.05, 3.63) is 29.0 Å². The maximum atomic E-state index is 6.03. The first-order valence-electron chi connectivity index (χ1n) is 4.81. The molecule has 0 aliphatic rings. The van der Waals surface area contributed by atoms with Crippen LogP contribution in [0.15, 0.2) is 18.2 Å². The first-order valence-corrected chi connectivity index (χ1v) is 5.19. The van der Waals surface area contributed by atoms with E-state index in [0.29, 0.717) is 10.8 Å². The van der Waals surface area contributed by atoms with Crippen LogP contribution in [0.4, 0.5) is 5.82 Å². The number of hydrogen-bond donors (Lipinski definition) is 1. The summed E-state index contributed by atoms with van der Waals surface area (Å²) in [5.74, 6) is 1.47. The van der Waals surface area contributed by atoms with Crippen LogP contribution in [0.25, 0.3) is 10.9 Å². The fourth-order valence-electron chi connectivity index (χ4n) is 1.45. The van der Waals surface area contributed by atoms with E-state index in [1.54, 1.807) is 6.07 Å². The van der Waals surface area contributed by atoms with E-state index in [9.17, 15) is 0 Å². The summed E-state index contributed by atoms with van der Waals surface area (Å²) in [5, 5.41) is 1.34. The highest BCUT2D eigenvalue weighted by atomic mass is 35.5. The summed E-state index contributed by atoms with van der Waals surface area (Å²) in [6.45, 7) is 4.07. The van der Waals surface area contributed by atoms with E-state index in [1.807, 2.05) is 26.0 Å². The van der Waals surface area contributed by atoms with E-state index in [2.05, 4.69) is 9.97 Å². The molecule has 2 aromatic rings. The smallest absolute Gasteiger partial charge is 0.136 e. The van der Waals surface area contributed by atoms with E-state index >= 15 is 0 Å². The van der Waals surface area contributed by atoms with Gasteiger partial charge in [-0.05, 0) is 12.1 Å². The molecule has 1 aromatic heterocycles. The number of hydrogen-bond acceptors (Lipinski definition) is 3. The predicted molar refractivity (Wildman–Crippen MR) is 63.0 cm³/mol. The Bertz CT molecular complexity index is 508. The number of halogens is 1. The third-order valence-electron chi connectivity index (χ3n) is 2.23. The minimum Gasteiger partial charge on any atom is -0.383 e. The van der Waals surface area contributed by atoms with Crippen LogP contribution >= 0.6 is 11.6 Å². The van der Waals surface area contributed by atoms with Gasteiger partial charge in [0.25, 0.3) is 0 Å². The van der Waals surface area contributed by atoms with Gasteiger partial charge in [-0.2, -0.15) is 0 Å². The Morgan fingerprint density at radius 3 is 2.67 bits per heavy atom. The molecular formula is C11H12ClN3. The zero-order valence-electron chi connectivity index (χ0n) is 8.66. The van der Waals surface area contributed by atoms with Crippen molar-refractivity contribution in [2.24, 2.45) is 0 Å². The summed E-state index contributed by atoms with van der Waals surface area (Å²) in [7, 11) is 0. The molecule has 0 saturated heterocycles. The largest absolute Gasteiger partial charge is 0.383 e. The van der Waals surface area contributed by atoms with Crippen molar-refractivity contribution in [3.8, 4) is 0 Å². The first-order chi connectivity index (χ1) is 7.09. The molecule has 1 heterocycles. The normalized spacial score (nSPS) is 11.2. The Kier molecular flexibility index (Phi) is 2.49. The summed E-state index contributed by atoms with van der Waals surface area (Å²) < 4.78 is 0. The number of rotatable bonds is 1. The van der Waals surface area contributed by atoms with E-state index in [4.69, 9.17) is 17.3 Å². The van der Waals surface area contributed by atoms with Crippen molar-refractivity contribution in [3.63, 3.8) is 0 Å². The molecule has 2 rings (SSSR count). The SMILES string of the molecule is CC(C)c1nc(N)c2c(Cl)cccc2n1.